The molecule has 0 unspecified atom stereocenters. The molecule has 0 radical (unpaired) electrons. The summed E-state index contributed by atoms with van der Waals surface area (Å²) in [5, 5.41) is 14.6. The monoisotopic (exact) mass is 418 g/mol. The second-order valence-corrected chi connectivity index (χ2v) is 7.93. The average molecular weight is 419 g/mol. The minimum atomic E-state index is 0.0936. The molecular formula is C23H26N6S. The van der Waals surface area contributed by atoms with Gasteiger partial charge in [-0.3, -0.25) is 5.41 Å². The first-order valence-corrected chi connectivity index (χ1v) is 11.2. The molecule has 3 aromatic rings. The zero-order valence-corrected chi connectivity index (χ0v) is 17.8. The predicted molar refractivity (Wildman–Crippen MR) is 126 cm³/mol. The SMILES string of the molecule is CSc1ccc(-c2ccc/c(=N/C(=N)Nc3ccc(N4CCNCC4)cc3)[nH]2)cc1. The van der Waals surface area contributed by atoms with Crippen molar-refractivity contribution in [3.8, 4) is 11.3 Å². The highest BCUT2D eigenvalue weighted by atomic mass is 32.2. The van der Waals surface area contributed by atoms with Gasteiger partial charge >= 0.3 is 0 Å². The molecule has 1 fully saturated rings. The third kappa shape index (κ3) is 5.11. The van der Waals surface area contributed by atoms with Gasteiger partial charge in [-0.15, -0.1) is 11.8 Å². The maximum atomic E-state index is 8.22. The first-order valence-electron chi connectivity index (χ1n) is 10.0. The number of aromatic amines is 1. The molecule has 1 saturated heterocycles. The first kappa shape index (κ1) is 20.3. The van der Waals surface area contributed by atoms with Gasteiger partial charge in [-0.25, -0.2) is 0 Å². The van der Waals surface area contributed by atoms with Crippen LogP contribution < -0.4 is 21.0 Å². The molecule has 0 spiro atoms. The molecule has 6 nitrogen and oxygen atoms in total. The molecule has 154 valence electrons. The maximum absolute atomic E-state index is 8.22. The normalized spacial score (nSPS) is 14.6. The van der Waals surface area contributed by atoms with Crippen molar-refractivity contribution in [2.24, 2.45) is 4.99 Å². The summed E-state index contributed by atoms with van der Waals surface area (Å²) in [5.41, 5.74) is 4.76. The number of nitrogens with one attached hydrogen (secondary N) is 4. The number of guanidine groups is 1. The van der Waals surface area contributed by atoms with E-state index in [-0.39, 0.29) is 5.96 Å². The van der Waals surface area contributed by atoms with E-state index >= 15 is 0 Å². The Morgan fingerprint density at radius 1 is 1.00 bits per heavy atom. The van der Waals surface area contributed by atoms with Crippen LogP contribution in [0, 0.1) is 5.41 Å². The van der Waals surface area contributed by atoms with Crippen LogP contribution in [0.1, 0.15) is 0 Å². The Morgan fingerprint density at radius 2 is 1.73 bits per heavy atom. The molecule has 2 aromatic carbocycles. The van der Waals surface area contributed by atoms with Crippen molar-refractivity contribution in [2.45, 2.75) is 4.90 Å². The van der Waals surface area contributed by atoms with E-state index in [1.54, 1.807) is 11.8 Å². The number of thioether (sulfide) groups is 1. The minimum Gasteiger partial charge on any atom is -0.369 e. The van der Waals surface area contributed by atoms with Crippen molar-refractivity contribution in [1.29, 1.82) is 5.41 Å². The second-order valence-electron chi connectivity index (χ2n) is 7.05. The number of piperazine rings is 1. The van der Waals surface area contributed by atoms with Gasteiger partial charge in [0.05, 0.1) is 0 Å². The molecule has 0 bridgehead atoms. The number of anilines is 2. The van der Waals surface area contributed by atoms with Crippen molar-refractivity contribution in [3.63, 3.8) is 0 Å². The molecule has 1 aliphatic heterocycles. The average Bonchev–Trinajstić information content (AvgIpc) is 2.80. The van der Waals surface area contributed by atoms with Crippen LogP contribution in [0.4, 0.5) is 11.4 Å². The van der Waals surface area contributed by atoms with Gasteiger partial charge in [0.2, 0.25) is 5.96 Å². The van der Waals surface area contributed by atoms with Gasteiger partial charge in [0.25, 0.3) is 0 Å². The number of H-pyrrole nitrogens is 1. The fourth-order valence-corrected chi connectivity index (χ4v) is 3.83. The lowest BCUT2D eigenvalue weighted by atomic mass is 10.1. The highest BCUT2D eigenvalue weighted by Crippen LogP contribution is 2.21. The highest BCUT2D eigenvalue weighted by Gasteiger charge is 2.10. The summed E-state index contributed by atoms with van der Waals surface area (Å²) in [4.78, 5) is 11.3. The van der Waals surface area contributed by atoms with E-state index in [1.165, 1.54) is 10.6 Å². The number of nitrogens with zero attached hydrogens (tertiary/aromatic N) is 2. The molecule has 0 saturated carbocycles. The lowest BCUT2D eigenvalue weighted by molar-refractivity contribution is 0.589. The molecule has 7 heteroatoms. The second kappa shape index (κ2) is 9.65. The van der Waals surface area contributed by atoms with Gasteiger partial charge in [-0.2, -0.15) is 4.99 Å². The van der Waals surface area contributed by atoms with Gasteiger partial charge in [0, 0.05) is 48.1 Å². The molecule has 1 aliphatic rings. The summed E-state index contributed by atoms with van der Waals surface area (Å²) < 4.78 is 0. The standard InChI is InChI=1S/C23H26N6S/c1-30-20-11-5-17(6-12-20)21-3-2-4-22(27-21)28-23(24)26-18-7-9-19(10-8-18)29-15-13-25-14-16-29/h2-12,25H,13-16H2,1H3,(H3,24,26,27,28). The number of benzene rings is 2. The van der Waals surface area contributed by atoms with Crippen molar-refractivity contribution in [2.75, 3.05) is 42.7 Å². The Hall–Kier alpha value is -3.03. The van der Waals surface area contributed by atoms with E-state index in [4.69, 9.17) is 5.41 Å². The third-order valence-electron chi connectivity index (χ3n) is 5.03. The van der Waals surface area contributed by atoms with Crippen molar-refractivity contribution >= 4 is 29.1 Å². The smallest absolute Gasteiger partial charge is 0.221 e. The predicted octanol–water partition coefficient (Wildman–Crippen LogP) is 3.76. The summed E-state index contributed by atoms with van der Waals surface area (Å²) in [6, 6.07) is 22.4. The summed E-state index contributed by atoms with van der Waals surface area (Å²) in [5.74, 6) is 0.0936. The summed E-state index contributed by atoms with van der Waals surface area (Å²) in [7, 11) is 0. The molecule has 2 heterocycles. The van der Waals surface area contributed by atoms with Gasteiger partial charge < -0.3 is 20.5 Å². The molecule has 0 aliphatic carbocycles. The Bertz CT molecular complexity index is 1050. The molecule has 0 atom stereocenters. The first-order chi connectivity index (χ1) is 14.7. The zero-order valence-electron chi connectivity index (χ0n) is 17.0. The quantitative estimate of drug-likeness (QED) is 0.296. The summed E-state index contributed by atoms with van der Waals surface area (Å²) in [6.07, 6.45) is 2.07. The number of aromatic nitrogens is 1. The van der Waals surface area contributed by atoms with E-state index in [0.717, 1.165) is 43.1 Å². The van der Waals surface area contributed by atoms with Crippen LogP contribution in [-0.2, 0) is 0 Å². The van der Waals surface area contributed by atoms with Crippen LogP contribution in [0.15, 0.2) is 76.6 Å². The van der Waals surface area contributed by atoms with Gasteiger partial charge in [-0.05, 0) is 60.4 Å². The number of pyridine rings is 1. The minimum absolute atomic E-state index is 0.0936. The van der Waals surface area contributed by atoms with Gasteiger partial charge in [0.1, 0.15) is 5.49 Å². The number of rotatable bonds is 4. The Morgan fingerprint density at radius 3 is 2.43 bits per heavy atom. The lowest BCUT2D eigenvalue weighted by Crippen LogP contribution is -2.43. The molecule has 4 rings (SSSR count). The van der Waals surface area contributed by atoms with E-state index in [2.05, 4.69) is 68.2 Å². The Balaban J connectivity index is 1.44. The summed E-state index contributed by atoms with van der Waals surface area (Å²) in [6.45, 7) is 4.07. The van der Waals surface area contributed by atoms with Crippen LogP contribution in [0.25, 0.3) is 11.3 Å². The van der Waals surface area contributed by atoms with E-state index in [9.17, 15) is 0 Å². The Labute approximate surface area is 181 Å². The van der Waals surface area contributed by atoms with Gasteiger partial charge in [-0.1, -0.05) is 18.2 Å². The van der Waals surface area contributed by atoms with Crippen molar-refractivity contribution in [3.05, 3.63) is 72.2 Å². The third-order valence-corrected chi connectivity index (χ3v) is 5.77. The Kier molecular flexibility index (Phi) is 6.51. The van der Waals surface area contributed by atoms with E-state index in [1.807, 2.05) is 30.3 Å². The highest BCUT2D eigenvalue weighted by molar-refractivity contribution is 7.98. The van der Waals surface area contributed by atoms with Crippen LogP contribution in [0.3, 0.4) is 0 Å². The van der Waals surface area contributed by atoms with Crippen LogP contribution in [-0.4, -0.2) is 43.4 Å². The molecule has 4 N–H and O–H groups in total. The summed E-state index contributed by atoms with van der Waals surface area (Å²) >= 11 is 1.72. The molecular weight excluding hydrogens is 392 g/mol. The van der Waals surface area contributed by atoms with Crippen LogP contribution >= 0.6 is 11.8 Å². The molecule has 30 heavy (non-hydrogen) atoms. The number of hydrogen-bond acceptors (Lipinski definition) is 4. The van der Waals surface area contributed by atoms with Crippen molar-refractivity contribution in [1.82, 2.24) is 10.3 Å². The van der Waals surface area contributed by atoms with Gasteiger partial charge in [0.15, 0.2) is 0 Å². The zero-order chi connectivity index (χ0) is 20.8. The molecule has 1 aromatic heterocycles. The lowest BCUT2D eigenvalue weighted by Gasteiger charge is -2.29. The van der Waals surface area contributed by atoms with Crippen LogP contribution in [0.2, 0.25) is 0 Å². The fraction of sp³-hybridized carbons (Fsp3) is 0.217. The van der Waals surface area contributed by atoms with E-state index < -0.39 is 0 Å². The van der Waals surface area contributed by atoms with E-state index in [0.29, 0.717) is 5.49 Å². The largest absolute Gasteiger partial charge is 0.369 e. The maximum Gasteiger partial charge on any atom is 0.221 e. The number of hydrogen-bond donors (Lipinski definition) is 4. The van der Waals surface area contributed by atoms with Crippen LogP contribution in [0.5, 0.6) is 0 Å². The fourth-order valence-electron chi connectivity index (χ4n) is 3.42. The molecule has 0 amide bonds. The topological polar surface area (TPSA) is 79.3 Å². The van der Waals surface area contributed by atoms with Crippen molar-refractivity contribution < 1.29 is 0 Å².